The molecule has 1 heterocycles. The summed E-state index contributed by atoms with van der Waals surface area (Å²) >= 11 is 0. The Morgan fingerprint density at radius 1 is 1.53 bits per heavy atom. The molecule has 3 N–H and O–H groups in total. The zero-order valence-electron chi connectivity index (χ0n) is 10.9. The van der Waals surface area contributed by atoms with Crippen LogP contribution < -0.4 is 10.5 Å². The van der Waals surface area contributed by atoms with E-state index in [1.54, 1.807) is 42.5 Å². The number of nitrogens with two attached hydrogens (primary N) is 1. The second-order valence-corrected chi connectivity index (χ2v) is 4.22. The summed E-state index contributed by atoms with van der Waals surface area (Å²) in [5.41, 5.74) is 7.72. The lowest BCUT2D eigenvalue weighted by atomic mass is 10.1. The Bertz CT molecular complexity index is 566. The highest BCUT2D eigenvalue weighted by atomic mass is 16.5. The molecule has 0 bridgehead atoms. The first-order valence-corrected chi connectivity index (χ1v) is 5.78. The molecule has 1 aromatic heterocycles. The highest BCUT2D eigenvalue weighted by molar-refractivity contribution is 5.95. The Labute approximate surface area is 111 Å². The van der Waals surface area contributed by atoms with E-state index in [0.29, 0.717) is 23.5 Å². The SMILES string of the molecule is COc1cc(C(=O)N(C)Cc2cn[nH]c2)ccc1N. The largest absolute Gasteiger partial charge is 0.495 e. The fraction of sp³-hybridized carbons (Fsp3) is 0.231. The van der Waals surface area contributed by atoms with Crippen LogP contribution in [0.3, 0.4) is 0 Å². The Hall–Kier alpha value is -2.50. The van der Waals surface area contributed by atoms with E-state index < -0.39 is 0 Å². The highest BCUT2D eigenvalue weighted by Crippen LogP contribution is 2.23. The predicted molar refractivity (Wildman–Crippen MR) is 71.8 cm³/mol. The van der Waals surface area contributed by atoms with Gasteiger partial charge in [-0.05, 0) is 18.2 Å². The number of methoxy groups -OCH3 is 1. The summed E-state index contributed by atoms with van der Waals surface area (Å²) in [4.78, 5) is 13.9. The van der Waals surface area contributed by atoms with Crippen molar-refractivity contribution in [2.24, 2.45) is 0 Å². The van der Waals surface area contributed by atoms with Gasteiger partial charge in [0.25, 0.3) is 5.91 Å². The van der Waals surface area contributed by atoms with Crippen LogP contribution in [-0.4, -0.2) is 35.2 Å². The first kappa shape index (κ1) is 12.9. The number of ether oxygens (including phenoxy) is 1. The molecule has 6 heteroatoms. The van der Waals surface area contributed by atoms with Crippen LogP contribution in [0.4, 0.5) is 5.69 Å². The first-order valence-electron chi connectivity index (χ1n) is 5.78. The molecular weight excluding hydrogens is 244 g/mol. The zero-order valence-corrected chi connectivity index (χ0v) is 10.9. The molecule has 0 atom stereocenters. The number of amides is 1. The smallest absolute Gasteiger partial charge is 0.254 e. The van der Waals surface area contributed by atoms with Gasteiger partial charge in [0.1, 0.15) is 5.75 Å². The van der Waals surface area contributed by atoms with Crippen LogP contribution >= 0.6 is 0 Å². The van der Waals surface area contributed by atoms with Crippen molar-refractivity contribution in [3.05, 3.63) is 41.7 Å². The molecule has 19 heavy (non-hydrogen) atoms. The molecule has 1 amide bonds. The normalized spacial score (nSPS) is 10.2. The topological polar surface area (TPSA) is 84.2 Å². The fourth-order valence-electron chi connectivity index (χ4n) is 1.77. The van der Waals surface area contributed by atoms with Gasteiger partial charge in [0, 0.05) is 30.9 Å². The van der Waals surface area contributed by atoms with Crippen molar-refractivity contribution >= 4 is 11.6 Å². The number of hydrogen-bond acceptors (Lipinski definition) is 4. The van der Waals surface area contributed by atoms with Crippen LogP contribution in [-0.2, 0) is 6.54 Å². The van der Waals surface area contributed by atoms with Crippen LogP contribution in [0.1, 0.15) is 15.9 Å². The Morgan fingerprint density at radius 2 is 2.32 bits per heavy atom. The van der Waals surface area contributed by atoms with Crippen LogP contribution in [0.5, 0.6) is 5.75 Å². The molecule has 2 rings (SSSR count). The van der Waals surface area contributed by atoms with Gasteiger partial charge in [0.2, 0.25) is 0 Å². The Morgan fingerprint density at radius 3 is 2.95 bits per heavy atom. The molecule has 0 saturated carbocycles. The monoisotopic (exact) mass is 260 g/mol. The van der Waals surface area contributed by atoms with Crippen molar-refractivity contribution in [3.8, 4) is 5.75 Å². The minimum Gasteiger partial charge on any atom is -0.495 e. The van der Waals surface area contributed by atoms with Gasteiger partial charge in [-0.3, -0.25) is 9.89 Å². The van der Waals surface area contributed by atoms with Crippen molar-refractivity contribution < 1.29 is 9.53 Å². The molecule has 0 fully saturated rings. The number of anilines is 1. The zero-order chi connectivity index (χ0) is 13.8. The van der Waals surface area contributed by atoms with Crippen LogP contribution in [0, 0.1) is 0 Å². The summed E-state index contributed by atoms with van der Waals surface area (Å²) in [7, 11) is 3.26. The maximum absolute atomic E-state index is 12.2. The van der Waals surface area contributed by atoms with E-state index in [2.05, 4.69) is 10.2 Å². The lowest BCUT2D eigenvalue weighted by Crippen LogP contribution is -2.26. The Kier molecular flexibility index (Phi) is 3.70. The minimum absolute atomic E-state index is 0.0977. The van der Waals surface area contributed by atoms with Crippen molar-refractivity contribution in [2.45, 2.75) is 6.54 Å². The number of carbonyl (C=O) groups excluding carboxylic acids is 1. The molecule has 0 aliphatic heterocycles. The van der Waals surface area contributed by atoms with E-state index >= 15 is 0 Å². The summed E-state index contributed by atoms with van der Waals surface area (Å²) in [5, 5.41) is 6.56. The number of carbonyl (C=O) groups is 1. The summed E-state index contributed by atoms with van der Waals surface area (Å²) < 4.78 is 5.11. The van der Waals surface area contributed by atoms with Crippen molar-refractivity contribution in [1.82, 2.24) is 15.1 Å². The minimum atomic E-state index is -0.0977. The maximum atomic E-state index is 12.2. The van der Waals surface area contributed by atoms with Gasteiger partial charge in [0.05, 0.1) is 19.0 Å². The predicted octanol–water partition coefficient (Wildman–Crippen LogP) is 1.27. The average molecular weight is 260 g/mol. The van der Waals surface area contributed by atoms with Gasteiger partial charge in [-0.1, -0.05) is 0 Å². The molecule has 100 valence electrons. The summed E-state index contributed by atoms with van der Waals surface area (Å²) in [6.07, 6.45) is 3.45. The van der Waals surface area contributed by atoms with E-state index in [4.69, 9.17) is 10.5 Å². The third kappa shape index (κ3) is 2.85. The number of hydrogen-bond donors (Lipinski definition) is 2. The van der Waals surface area contributed by atoms with Crippen LogP contribution in [0.25, 0.3) is 0 Å². The number of rotatable bonds is 4. The second-order valence-electron chi connectivity index (χ2n) is 4.22. The standard InChI is InChI=1S/C13H16N4O2/c1-17(8-9-6-15-16-7-9)13(18)10-3-4-11(14)12(5-10)19-2/h3-7H,8,14H2,1-2H3,(H,15,16). The van der Waals surface area contributed by atoms with E-state index in [9.17, 15) is 4.79 Å². The number of aromatic nitrogens is 2. The molecular formula is C13H16N4O2. The lowest BCUT2D eigenvalue weighted by molar-refractivity contribution is 0.0785. The summed E-state index contributed by atoms with van der Waals surface area (Å²) in [5.74, 6) is 0.405. The van der Waals surface area contributed by atoms with Gasteiger partial charge in [0.15, 0.2) is 0 Å². The molecule has 0 aliphatic rings. The van der Waals surface area contributed by atoms with Crippen molar-refractivity contribution in [2.75, 3.05) is 19.9 Å². The highest BCUT2D eigenvalue weighted by Gasteiger charge is 2.14. The quantitative estimate of drug-likeness (QED) is 0.811. The molecule has 6 nitrogen and oxygen atoms in total. The fourth-order valence-corrected chi connectivity index (χ4v) is 1.77. The average Bonchev–Trinajstić information content (AvgIpc) is 2.91. The van der Waals surface area contributed by atoms with Crippen LogP contribution in [0.15, 0.2) is 30.6 Å². The van der Waals surface area contributed by atoms with Gasteiger partial charge in [-0.2, -0.15) is 5.10 Å². The van der Waals surface area contributed by atoms with Gasteiger partial charge in [-0.25, -0.2) is 0 Å². The molecule has 1 aromatic carbocycles. The maximum Gasteiger partial charge on any atom is 0.254 e. The number of nitrogens with zero attached hydrogens (tertiary/aromatic N) is 2. The van der Waals surface area contributed by atoms with Crippen molar-refractivity contribution in [3.63, 3.8) is 0 Å². The third-order valence-electron chi connectivity index (χ3n) is 2.80. The second kappa shape index (κ2) is 5.43. The van der Waals surface area contributed by atoms with Crippen molar-refractivity contribution in [1.29, 1.82) is 0 Å². The number of H-pyrrole nitrogens is 1. The lowest BCUT2D eigenvalue weighted by Gasteiger charge is -2.17. The van der Waals surface area contributed by atoms with Gasteiger partial charge >= 0.3 is 0 Å². The number of nitrogens with one attached hydrogen (secondary N) is 1. The van der Waals surface area contributed by atoms with E-state index in [1.807, 2.05) is 0 Å². The summed E-state index contributed by atoms with van der Waals surface area (Å²) in [6, 6.07) is 4.99. The molecule has 0 spiro atoms. The summed E-state index contributed by atoms with van der Waals surface area (Å²) in [6.45, 7) is 0.488. The number of nitrogen functional groups attached to an aromatic ring is 1. The molecule has 0 aliphatic carbocycles. The number of benzene rings is 1. The molecule has 0 unspecified atom stereocenters. The van der Waals surface area contributed by atoms with Crippen LogP contribution in [0.2, 0.25) is 0 Å². The Balaban J connectivity index is 2.14. The molecule has 0 saturated heterocycles. The molecule has 2 aromatic rings. The first-order chi connectivity index (χ1) is 9.11. The van der Waals surface area contributed by atoms with Gasteiger partial charge < -0.3 is 15.4 Å². The van der Waals surface area contributed by atoms with E-state index in [1.165, 1.54) is 7.11 Å². The number of aromatic amines is 1. The third-order valence-corrected chi connectivity index (χ3v) is 2.80. The molecule has 0 radical (unpaired) electrons. The van der Waals surface area contributed by atoms with Gasteiger partial charge in [-0.15, -0.1) is 0 Å². The van der Waals surface area contributed by atoms with E-state index in [0.717, 1.165) is 5.56 Å². The van der Waals surface area contributed by atoms with E-state index in [-0.39, 0.29) is 5.91 Å².